The summed E-state index contributed by atoms with van der Waals surface area (Å²) in [7, 11) is 3.69. The number of fused-ring (bicyclic) bond motifs is 1. The molecule has 0 unspecified atom stereocenters. The predicted octanol–water partition coefficient (Wildman–Crippen LogP) is 2.44. The average molecular weight is 556 g/mol. The van der Waals surface area contributed by atoms with Gasteiger partial charge in [0.1, 0.15) is 12.1 Å². The molecule has 166 valence electrons. The monoisotopic (exact) mass is 555 g/mol. The van der Waals surface area contributed by atoms with E-state index in [9.17, 15) is 0 Å². The fraction of sp³-hybridized carbons (Fsp3) is 0.400. The van der Waals surface area contributed by atoms with Crippen molar-refractivity contribution in [2.75, 3.05) is 56.5 Å². The van der Waals surface area contributed by atoms with Crippen molar-refractivity contribution in [2.45, 2.75) is 0 Å². The van der Waals surface area contributed by atoms with Gasteiger partial charge in [0, 0.05) is 53.4 Å². The second kappa shape index (κ2) is 10.8. The molecule has 1 fully saturated rings. The van der Waals surface area contributed by atoms with Crippen LogP contribution < -0.4 is 15.5 Å². The van der Waals surface area contributed by atoms with Crippen molar-refractivity contribution in [1.82, 2.24) is 30.0 Å². The third-order valence-corrected chi connectivity index (χ3v) is 5.53. The van der Waals surface area contributed by atoms with E-state index in [0.29, 0.717) is 6.54 Å². The molecule has 1 aliphatic rings. The van der Waals surface area contributed by atoms with E-state index in [1.54, 1.807) is 17.2 Å². The molecule has 0 bridgehead atoms. The molecule has 1 saturated heterocycles. The van der Waals surface area contributed by atoms with E-state index >= 15 is 0 Å². The molecule has 1 aromatic carbocycles. The lowest BCUT2D eigenvalue weighted by Gasteiger charge is -2.38. The van der Waals surface area contributed by atoms with Crippen molar-refractivity contribution in [3.63, 3.8) is 0 Å². The first kappa shape index (κ1) is 23.3. The van der Waals surface area contributed by atoms with Crippen LogP contribution in [-0.4, -0.2) is 76.9 Å². The average Bonchev–Trinajstić information content (AvgIpc) is 3.16. The standard InChI is InChI=1S/C20H26ClN9.HI/c1-22-20(30-11-9-29(10-12-30)17-6-4-3-5-16(17)21)24-8-7-23-18-15-13-27-28(2)19(15)26-14-25-18;/h3-6,13-14H,7-12H2,1-2H3,(H,22,24)(H,23,25,26);1H. The van der Waals surface area contributed by atoms with Gasteiger partial charge in [-0.3, -0.25) is 9.67 Å². The van der Waals surface area contributed by atoms with Gasteiger partial charge in [0.25, 0.3) is 0 Å². The zero-order chi connectivity index (χ0) is 20.9. The van der Waals surface area contributed by atoms with Gasteiger partial charge in [-0.15, -0.1) is 24.0 Å². The van der Waals surface area contributed by atoms with Gasteiger partial charge in [-0.05, 0) is 12.1 Å². The quantitative estimate of drug-likeness (QED) is 0.216. The fourth-order valence-corrected chi connectivity index (χ4v) is 3.91. The molecule has 11 heteroatoms. The number of halogens is 2. The molecular formula is C20H27ClIN9. The van der Waals surface area contributed by atoms with E-state index in [4.69, 9.17) is 11.6 Å². The van der Waals surface area contributed by atoms with Gasteiger partial charge < -0.3 is 20.4 Å². The Morgan fingerprint density at radius 1 is 1.13 bits per heavy atom. The highest BCUT2D eigenvalue weighted by Gasteiger charge is 2.20. The Hall–Kier alpha value is -2.34. The number of nitrogens with zero attached hydrogens (tertiary/aromatic N) is 7. The van der Waals surface area contributed by atoms with Crippen LogP contribution >= 0.6 is 35.6 Å². The molecule has 0 aliphatic carbocycles. The van der Waals surface area contributed by atoms with E-state index in [1.807, 2.05) is 32.3 Å². The van der Waals surface area contributed by atoms with Crippen LogP contribution in [-0.2, 0) is 7.05 Å². The molecule has 0 spiro atoms. The number of anilines is 2. The number of aryl methyl sites for hydroxylation is 1. The van der Waals surface area contributed by atoms with Crippen LogP contribution in [0.3, 0.4) is 0 Å². The number of nitrogens with one attached hydrogen (secondary N) is 2. The van der Waals surface area contributed by atoms with E-state index in [2.05, 4.69) is 46.6 Å². The van der Waals surface area contributed by atoms with Crippen molar-refractivity contribution < 1.29 is 0 Å². The maximum Gasteiger partial charge on any atom is 0.193 e. The Labute approximate surface area is 203 Å². The lowest BCUT2D eigenvalue weighted by atomic mass is 10.2. The predicted molar refractivity (Wildman–Crippen MR) is 137 cm³/mol. The minimum absolute atomic E-state index is 0. The summed E-state index contributed by atoms with van der Waals surface area (Å²) in [5.41, 5.74) is 1.91. The Morgan fingerprint density at radius 2 is 1.90 bits per heavy atom. The molecule has 0 radical (unpaired) electrons. The molecule has 0 amide bonds. The van der Waals surface area contributed by atoms with Crippen molar-refractivity contribution >= 4 is 64.1 Å². The molecule has 3 aromatic rings. The highest BCUT2D eigenvalue weighted by Crippen LogP contribution is 2.26. The van der Waals surface area contributed by atoms with Gasteiger partial charge in [0.15, 0.2) is 11.6 Å². The molecule has 9 nitrogen and oxygen atoms in total. The second-order valence-electron chi connectivity index (χ2n) is 7.05. The summed E-state index contributed by atoms with van der Waals surface area (Å²) in [5, 5.41) is 12.7. The fourth-order valence-electron chi connectivity index (χ4n) is 3.66. The van der Waals surface area contributed by atoms with Gasteiger partial charge >= 0.3 is 0 Å². The minimum atomic E-state index is 0. The van der Waals surface area contributed by atoms with E-state index in [1.165, 1.54) is 0 Å². The highest BCUT2D eigenvalue weighted by atomic mass is 127. The first-order chi connectivity index (χ1) is 14.7. The first-order valence-corrected chi connectivity index (χ1v) is 10.4. The van der Waals surface area contributed by atoms with Crippen molar-refractivity contribution in [3.8, 4) is 0 Å². The number of rotatable bonds is 5. The Kier molecular flexibility index (Phi) is 8.13. The minimum Gasteiger partial charge on any atom is -0.368 e. The van der Waals surface area contributed by atoms with Crippen LogP contribution in [0.1, 0.15) is 0 Å². The zero-order valence-corrected chi connectivity index (χ0v) is 20.7. The second-order valence-corrected chi connectivity index (χ2v) is 7.46. The molecule has 31 heavy (non-hydrogen) atoms. The van der Waals surface area contributed by atoms with Crippen molar-refractivity contribution in [2.24, 2.45) is 12.0 Å². The summed E-state index contributed by atoms with van der Waals surface area (Å²) >= 11 is 6.34. The molecule has 2 N–H and O–H groups in total. The Balaban J connectivity index is 0.00000272. The number of aliphatic imine (C=N–C) groups is 1. The van der Waals surface area contributed by atoms with E-state index < -0.39 is 0 Å². The van der Waals surface area contributed by atoms with Gasteiger partial charge in [-0.2, -0.15) is 5.10 Å². The van der Waals surface area contributed by atoms with Crippen LogP contribution in [0.5, 0.6) is 0 Å². The van der Waals surface area contributed by atoms with Crippen LogP contribution in [0.2, 0.25) is 5.02 Å². The van der Waals surface area contributed by atoms with Gasteiger partial charge in [-0.1, -0.05) is 23.7 Å². The SMILES string of the molecule is CN=C(NCCNc1ncnc2c1cnn2C)N1CCN(c2ccccc2Cl)CC1.I. The van der Waals surface area contributed by atoms with Crippen LogP contribution in [0.15, 0.2) is 41.8 Å². The molecular weight excluding hydrogens is 529 g/mol. The molecule has 0 atom stereocenters. The normalized spacial score (nSPS) is 14.5. The number of aromatic nitrogens is 4. The molecule has 4 rings (SSSR count). The summed E-state index contributed by atoms with van der Waals surface area (Å²) < 4.78 is 1.74. The third-order valence-electron chi connectivity index (χ3n) is 5.21. The largest absolute Gasteiger partial charge is 0.368 e. The van der Waals surface area contributed by atoms with Crippen LogP contribution in [0.4, 0.5) is 11.5 Å². The highest BCUT2D eigenvalue weighted by molar-refractivity contribution is 14.0. The molecule has 0 saturated carbocycles. The maximum atomic E-state index is 6.34. The number of hydrogen-bond acceptors (Lipinski definition) is 6. The van der Waals surface area contributed by atoms with Crippen molar-refractivity contribution in [3.05, 3.63) is 41.8 Å². The van der Waals surface area contributed by atoms with Gasteiger partial charge in [-0.25, -0.2) is 9.97 Å². The summed E-state index contributed by atoms with van der Waals surface area (Å²) in [5.74, 6) is 1.70. The summed E-state index contributed by atoms with van der Waals surface area (Å²) in [4.78, 5) is 17.6. The van der Waals surface area contributed by atoms with Gasteiger partial charge in [0.2, 0.25) is 0 Å². The van der Waals surface area contributed by atoms with Crippen molar-refractivity contribution in [1.29, 1.82) is 0 Å². The van der Waals surface area contributed by atoms with Crippen LogP contribution in [0, 0.1) is 0 Å². The number of benzene rings is 1. The smallest absolute Gasteiger partial charge is 0.193 e. The van der Waals surface area contributed by atoms with E-state index in [-0.39, 0.29) is 24.0 Å². The lowest BCUT2D eigenvalue weighted by molar-refractivity contribution is 0.373. The molecule has 1 aliphatic heterocycles. The number of para-hydroxylation sites is 1. The summed E-state index contributed by atoms with van der Waals surface area (Å²) in [6.07, 6.45) is 3.33. The van der Waals surface area contributed by atoms with Crippen LogP contribution in [0.25, 0.3) is 11.0 Å². The summed E-state index contributed by atoms with van der Waals surface area (Å²) in [6.45, 7) is 5.02. The zero-order valence-electron chi connectivity index (χ0n) is 17.6. The lowest BCUT2D eigenvalue weighted by Crippen LogP contribution is -2.53. The third kappa shape index (κ3) is 5.29. The topological polar surface area (TPSA) is 86.5 Å². The number of hydrogen-bond donors (Lipinski definition) is 2. The Bertz CT molecular complexity index is 1030. The van der Waals surface area contributed by atoms with E-state index in [0.717, 1.165) is 66.2 Å². The number of piperazine rings is 1. The molecule has 3 heterocycles. The summed E-state index contributed by atoms with van der Waals surface area (Å²) in [6, 6.07) is 8.00. The first-order valence-electron chi connectivity index (χ1n) is 9.99. The van der Waals surface area contributed by atoms with Gasteiger partial charge in [0.05, 0.1) is 22.3 Å². The maximum absolute atomic E-state index is 6.34. The number of guanidine groups is 1. The Morgan fingerprint density at radius 3 is 2.65 bits per heavy atom. The molecule has 2 aromatic heterocycles.